The van der Waals surface area contributed by atoms with E-state index in [0.29, 0.717) is 12.0 Å². The van der Waals surface area contributed by atoms with Gasteiger partial charge in [-0.25, -0.2) is 4.98 Å². The number of nitrogens with one attached hydrogen (secondary N) is 1. The summed E-state index contributed by atoms with van der Waals surface area (Å²) in [6.45, 7) is 0. The van der Waals surface area contributed by atoms with E-state index in [0.717, 1.165) is 28.2 Å². The molecule has 4 heteroatoms. The number of aromatic amines is 1. The number of ether oxygens (including phenoxy) is 1. The average Bonchev–Trinajstić information content (AvgIpc) is 2.89. The zero-order valence-corrected chi connectivity index (χ0v) is 11.1. The summed E-state index contributed by atoms with van der Waals surface area (Å²) in [6.07, 6.45) is 0.667. The predicted octanol–water partition coefficient (Wildman–Crippen LogP) is 3.03. The molecule has 1 heterocycles. The van der Waals surface area contributed by atoms with Gasteiger partial charge in [0.15, 0.2) is 0 Å². The van der Waals surface area contributed by atoms with E-state index >= 15 is 0 Å². The molecular weight excluding hydrogens is 250 g/mol. The molecule has 4 nitrogen and oxygen atoms in total. The number of imidazole rings is 1. The first-order valence-corrected chi connectivity index (χ1v) is 6.31. The fourth-order valence-electron chi connectivity index (χ4n) is 2.25. The van der Waals surface area contributed by atoms with E-state index in [-0.39, 0.29) is 0 Å². The lowest BCUT2D eigenvalue weighted by Gasteiger charge is -2.05. The number of methoxy groups -OCH3 is 1. The van der Waals surface area contributed by atoms with E-state index in [4.69, 9.17) is 10.00 Å². The molecule has 3 aromatic rings. The lowest BCUT2D eigenvalue weighted by Crippen LogP contribution is -1.94. The molecule has 0 aliphatic carbocycles. The van der Waals surface area contributed by atoms with Crippen molar-refractivity contribution in [2.24, 2.45) is 0 Å². The zero-order chi connectivity index (χ0) is 13.9. The SMILES string of the molecule is COc1ccccc1Cc1nc2ccc(C#N)cc2[nH]1. The smallest absolute Gasteiger partial charge is 0.122 e. The highest BCUT2D eigenvalue weighted by Gasteiger charge is 2.07. The monoisotopic (exact) mass is 263 g/mol. The maximum absolute atomic E-state index is 8.91. The Balaban J connectivity index is 1.97. The average molecular weight is 263 g/mol. The number of rotatable bonds is 3. The van der Waals surface area contributed by atoms with Gasteiger partial charge in [-0.1, -0.05) is 18.2 Å². The van der Waals surface area contributed by atoms with Crippen LogP contribution in [0.25, 0.3) is 11.0 Å². The third kappa shape index (κ3) is 2.21. The van der Waals surface area contributed by atoms with Crippen molar-refractivity contribution in [2.45, 2.75) is 6.42 Å². The van der Waals surface area contributed by atoms with Crippen molar-refractivity contribution >= 4 is 11.0 Å². The standard InChI is InChI=1S/C16H13N3O/c1-20-15-5-3-2-4-12(15)9-16-18-13-7-6-11(10-17)8-14(13)19-16/h2-8H,9H2,1H3,(H,18,19). The van der Waals surface area contributed by atoms with Crippen LogP contribution < -0.4 is 4.74 Å². The van der Waals surface area contributed by atoms with Crippen LogP contribution >= 0.6 is 0 Å². The summed E-state index contributed by atoms with van der Waals surface area (Å²) in [6, 6.07) is 15.5. The van der Waals surface area contributed by atoms with Crippen molar-refractivity contribution in [2.75, 3.05) is 7.11 Å². The van der Waals surface area contributed by atoms with Crippen molar-refractivity contribution in [3.8, 4) is 11.8 Å². The van der Waals surface area contributed by atoms with Crippen LogP contribution in [0.2, 0.25) is 0 Å². The lowest BCUT2D eigenvalue weighted by atomic mass is 10.1. The highest BCUT2D eigenvalue weighted by Crippen LogP contribution is 2.21. The number of para-hydroxylation sites is 1. The normalized spacial score (nSPS) is 10.4. The Kier molecular flexibility index (Phi) is 3.10. The van der Waals surface area contributed by atoms with Gasteiger partial charge in [0.1, 0.15) is 11.6 Å². The van der Waals surface area contributed by atoms with Gasteiger partial charge in [-0.3, -0.25) is 0 Å². The van der Waals surface area contributed by atoms with Crippen LogP contribution in [0.3, 0.4) is 0 Å². The van der Waals surface area contributed by atoms with E-state index < -0.39 is 0 Å². The van der Waals surface area contributed by atoms with Crippen LogP contribution in [0.1, 0.15) is 17.0 Å². The molecule has 2 aromatic carbocycles. The summed E-state index contributed by atoms with van der Waals surface area (Å²) >= 11 is 0. The van der Waals surface area contributed by atoms with Gasteiger partial charge >= 0.3 is 0 Å². The Morgan fingerprint density at radius 2 is 2.10 bits per heavy atom. The highest BCUT2D eigenvalue weighted by atomic mass is 16.5. The maximum atomic E-state index is 8.91. The fraction of sp³-hybridized carbons (Fsp3) is 0.125. The van der Waals surface area contributed by atoms with Crippen molar-refractivity contribution < 1.29 is 4.74 Å². The Labute approximate surface area is 116 Å². The minimum absolute atomic E-state index is 0.630. The molecule has 0 radical (unpaired) electrons. The third-order valence-electron chi connectivity index (χ3n) is 3.21. The van der Waals surface area contributed by atoms with Crippen LogP contribution in [0, 0.1) is 11.3 Å². The van der Waals surface area contributed by atoms with E-state index in [9.17, 15) is 0 Å². The number of fused-ring (bicyclic) bond motifs is 1. The summed E-state index contributed by atoms with van der Waals surface area (Å²) in [5.74, 6) is 1.71. The molecule has 0 fully saturated rings. The fourth-order valence-corrected chi connectivity index (χ4v) is 2.25. The van der Waals surface area contributed by atoms with Gasteiger partial charge in [0.2, 0.25) is 0 Å². The quantitative estimate of drug-likeness (QED) is 0.790. The molecule has 1 aromatic heterocycles. The van der Waals surface area contributed by atoms with Crippen molar-refractivity contribution in [1.29, 1.82) is 5.26 Å². The lowest BCUT2D eigenvalue weighted by molar-refractivity contribution is 0.410. The van der Waals surface area contributed by atoms with Crippen LogP contribution in [0.5, 0.6) is 5.75 Å². The summed E-state index contributed by atoms with van der Waals surface area (Å²) in [5.41, 5.74) is 3.46. The minimum atomic E-state index is 0.630. The number of nitriles is 1. The third-order valence-corrected chi connectivity index (χ3v) is 3.21. The molecule has 20 heavy (non-hydrogen) atoms. The molecule has 0 aliphatic rings. The molecule has 0 saturated heterocycles. The molecule has 98 valence electrons. The molecule has 0 unspecified atom stereocenters. The summed E-state index contributed by atoms with van der Waals surface area (Å²) in [5, 5.41) is 8.91. The predicted molar refractivity (Wildman–Crippen MR) is 76.6 cm³/mol. The van der Waals surface area contributed by atoms with E-state index in [2.05, 4.69) is 16.0 Å². The molecule has 1 N–H and O–H groups in total. The topological polar surface area (TPSA) is 61.7 Å². The highest BCUT2D eigenvalue weighted by molar-refractivity contribution is 5.76. The first-order valence-electron chi connectivity index (χ1n) is 6.31. The number of aromatic nitrogens is 2. The van der Waals surface area contributed by atoms with Crippen LogP contribution in [-0.2, 0) is 6.42 Å². The second kappa shape index (κ2) is 5.06. The van der Waals surface area contributed by atoms with Gasteiger partial charge < -0.3 is 9.72 Å². The van der Waals surface area contributed by atoms with Crippen molar-refractivity contribution in [3.63, 3.8) is 0 Å². The number of benzene rings is 2. The van der Waals surface area contributed by atoms with E-state index in [1.807, 2.05) is 36.4 Å². The summed E-state index contributed by atoms with van der Waals surface area (Å²) in [4.78, 5) is 7.79. The largest absolute Gasteiger partial charge is 0.496 e. The molecular formula is C16H13N3O. The van der Waals surface area contributed by atoms with Crippen molar-refractivity contribution in [3.05, 3.63) is 59.4 Å². The second-order valence-electron chi connectivity index (χ2n) is 4.52. The number of H-pyrrole nitrogens is 1. The molecule has 0 aliphatic heterocycles. The Hall–Kier alpha value is -2.80. The van der Waals surface area contributed by atoms with Gasteiger partial charge in [0.05, 0.1) is 29.8 Å². The van der Waals surface area contributed by atoms with Crippen LogP contribution in [-0.4, -0.2) is 17.1 Å². The second-order valence-corrected chi connectivity index (χ2v) is 4.52. The molecule has 0 bridgehead atoms. The van der Waals surface area contributed by atoms with Crippen LogP contribution in [0.15, 0.2) is 42.5 Å². The number of hydrogen-bond acceptors (Lipinski definition) is 3. The maximum Gasteiger partial charge on any atom is 0.122 e. The minimum Gasteiger partial charge on any atom is -0.496 e. The summed E-state index contributed by atoms with van der Waals surface area (Å²) < 4.78 is 5.34. The first-order chi connectivity index (χ1) is 9.80. The van der Waals surface area contributed by atoms with E-state index in [1.165, 1.54) is 0 Å². The van der Waals surface area contributed by atoms with Gasteiger partial charge in [-0.05, 0) is 24.3 Å². The molecule has 0 spiro atoms. The number of hydrogen-bond donors (Lipinski definition) is 1. The first kappa shape index (κ1) is 12.2. The van der Waals surface area contributed by atoms with Gasteiger partial charge in [0.25, 0.3) is 0 Å². The van der Waals surface area contributed by atoms with Crippen molar-refractivity contribution in [1.82, 2.24) is 9.97 Å². The zero-order valence-electron chi connectivity index (χ0n) is 11.1. The Morgan fingerprint density at radius 1 is 1.25 bits per heavy atom. The number of nitrogens with zero attached hydrogens (tertiary/aromatic N) is 2. The van der Waals surface area contributed by atoms with Crippen LogP contribution in [0.4, 0.5) is 0 Å². The van der Waals surface area contributed by atoms with Gasteiger partial charge in [-0.15, -0.1) is 0 Å². The molecule has 0 saturated carbocycles. The van der Waals surface area contributed by atoms with E-state index in [1.54, 1.807) is 13.2 Å². The molecule has 0 amide bonds. The van der Waals surface area contributed by atoms with Gasteiger partial charge in [0, 0.05) is 12.0 Å². The van der Waals surface area contributed by atoms with Gasteiger partial charge in [-0.2, -0.15) is 5.26 Å². The Bertz CT molecular complexity index is 799. The molecule has 3 rings (SSSR count). The Morgan fingerprint density at radius 3 is 2.90 bits per heavy atom. The molecule has 0 atom stereocenters. The summed E-state index contributed by atoms with van der Waals surface area (Å²) in [7, 11) is 1.66.